The predicted octanol–water partition coefficient (Wildman–Crippen LogP) is -1.08. The first-order chi connectivity index (χ1) is 14.2. The number of hydrogen-bond acceptors (Lipinski definition) is 10. The van der Waals surface area contributed by atoms with Gasteiger partial charge in [-0.15, -0.1) is 0 Å². The zero-order valence-corrected chi connectivity index (χ0v) is 17.0. The average Bonchev–Trinajstić information content (AvgIpc) is 2.65. The van der Waals surface area contributed by atoms with Crippen molar-refractivity contribution in [3.05, 3.63) is 47.5 Å². The molecule has 11 heteroatoms. The van der Waals surface area contributed by atoms with Crippen molar-refractivity contribution < 1.29 is 57.3 Å². The molecule has 0 aromatic heterocycles. The Morgan fingerprint density at radius 2 is 1.10 bits per heavy atom. The molecule has 0 saturated heterocycles. The second kappa shape index (κ2) is 14.4. The first-order valence-electron chi connectivity index (χ1n) is 8.57. The third kappa shape index (κ3) is 11.9. The Hall–Kier alpha value is -3.56. The summed E-state index contributed by atoms with van der Waals surface area (Å²) in [6.07, 6.45) is 3.36. The number of carbonyl (C=O) groups is 2. The maximum atomic E-state index is 10.0. The molecule has 0 heterocycles. The van der Waals surface area contributed by atoms with Crippen LogP contribution < -0.4 is 10.2 Å². The summed E-state index contributed by atoms with van der Waals surface area (Å²) in [5, 5.41) is 56.7. The van der Waals surface area contributed by atoms with Crippen LogP contribution in [0.15, 0.2) is 46.4 Å². The Kier molecular flexibility index (Phi) is 12.8. The summed E-state index contributed by atoms with van der Waals surface area (Å²) in [4.78, 5) is 27.2. The average molecular weight is 480 g/mol. The van der Waals surface area contributed by atoms with Gasteiger partial charge in [0.1, 0.15) is 23.0 Å². The molecule has 0 atom stereocenters. The second-order valence-corrected chi connectivity index (χ2v) is 5.82. The van der Waals surface area contributed by atoms with E-state index in [1.807, 2.05) is 0 Å². The summed E-state index contributed by atoms with van der Waals surface area (Å²) in [5.41, 5.74) is 1.13. The van der Waals surface area contributed by atoms with Crippen LogP contribution in [0.3, 0.4) is 0 Å². The third-order valence-electron chi connectivity index (χ3n) is 3.46. The van der Waals surface area contributed by atoms with Crippen LogP contribution in [0.2, 0.25) is 0 Å². The topological polar surface area (TPSA) is 186 Å². The van der Waals surface area contributed by atoms with Gasteiger partial charge in [-0.3, -0.25) is 9.98 Å². The van der Waals surface area contributed by atoms with E-state index in [9.17, 15) is 30.0 Å². The Labute approximate surface area is 188 Å². The van der Waals surface area contributed by atoms with Crippen molar-refractivity contribution in [1.29, 1.82) is 0 Å². The number of nitrogens with zero attached hydrogens (tertiary/aromatic N) is 2. The zero-order chi connectivity index (χ0) is 22.5. The van der Waals surface area contributed by atoms with Crippen LogP contribution in [0, 0.1) is 0 Å². The summed E-state index contributed by atoms with van der Waals surface area (Å²) >= 11 is 0. The fourth-order valence-electron chi connectivity index (χ4n) is 2.05. The van der Waals surface area contributed by atoms with E-state index in [0.717, 1.165) is 0 Å². The number of carboxylic acid groups (broad SMARTS) is 2. The van der Waals surface area contributed by atoms with Crippen LogP contribution in [0.4, 0.5) is 0 Å². The number of phenols is 4. The van der Waals surface area contributed by atoms with E-state index in [2.05, 4.69) is 9.98 Å². The number of benzene rings is 2. The summed E-state index contributed by atoms with van der Waals surface area (Å²) in [5.74, 6) is -2.64. The summed E-state index contributed by atoms with van der Waals surface area (Å²) < 4.78 is 0. The van der Waals surface area contributed by atoms with E-state index in [1.165, 1.54) is 48.8 Å². The van der Waals surface area contributed by atoms with Gasteiger partial charge < -0.3 is 40.2 Å². The van der Waals surface area contributed by atoms with Gasteiger partial charge in [-0.25, -0.2) is 0 Å². The number of aromatic hydroxyl groups is 4. The summed E-state index contributed by atoms with van der Waals surface area (Å²) in [6, 6.07) is 8.36. The van der Waals surface area contributed by atoms with E-state index in [-0.39, 0.29) is 40.1 Å². The molecule has 0 spiro atoms. The Bertz CT molecular complexity index is 856. The number of carbonyl (C=O) groups excluding carboxylic acids is 2. The molecule has 10 nitrogen and oxygen atoms in total. The molecule has 0 aliphatic carbocycles. The fourth-order valence-corrected chi connectivity index (χ4v) is 2.05. The van der Waals surface area contributed by atoms with Gasteiger partial charge >= 0.3 is 17.1 Å². The number of phenolic OH excluding ortho intramolecular Hbond substituents is 4. The monoisotopic (exact) mass is 479 g/mol. The van der Waals surface area contributed by atoms with Crippen molar-refractivity contribution >= 4 is 24.4 Å². The van der Waals surface area contributed by atoms with Crippen LogP contribution in [-0.4, -0.2) is 57.9 Å². The van der Waals surface area contributed by atoms with E-state index in [0.29, 0.717) is 24.0 Å². The van der Waals surface area contributed by atoms with Gasteiger partial charge in [-0.2, -0.15) is 0 Å². The largest absolute Gasteiger partial charge is 2.00 e. The zero-order valence-electron chi connectivity index (χ0n) is 16.1. The first-order valence-corrected chi connectivity index (χ1v) is 8.57. The third-order valence-corrected chi connectivity index (χ3v) is 3.46. The molecule has 31 heavy (non-hydrogen) atoms. The first kappa shape index (κ1) is 27.4. The van der Waals surface area contributed by atoms with E-state index < -0.39 is 25.0 Å². The van der Waals surface area contributed by atoms with Crippen molar-refractivity contribution in [2.24, 2.45) is 9.98 Å². The normalized spacial score (nSPS) is 10.3. The van der Waals surface area contributed by atoms with E-state index >= 15 is 0 Å². The molecular formula is C20H20CuN2O8. The molecule has 4 N–H and O–H groups in total. The van der Waals surface area contributed by atoms with Gasteiger partial charge in [0.2, 0.25) is 0 Å². The van der Waals surface area contributed by atoms with Gasteiger partial charge in [-0.05, 0) is 23.3 Å². The standard InChI is InChI=1S/2C10H11NO4.Cu/c2*12-8-2-1-7(9(13)5-8)3-4-11-6-10(14)15;/h2*1-2,4-5,12-13H,3,6H2,(H,14,15);/q;;+2/p-2. The Morgan fingerprint density at radius 1 is 0.742 bits per heavy atom. The van der Waals surface area contributed by atoms with Crippen molar-refractivity contribution in [3.8, 4) is 23.0 Å². The molecule has 0 amide bonds. The second-order valence-electron chi connectivity index (χ2n) is 5.82. The van der Waals surface area contributed by atoms with Gasteiger partial charge in [0.15, 0.2) is 0 Å². The molecule has 0 saturated carbocycles. The molecule has 169 valence electrons. The minimum absolute atomic E-state index is 0. The van der Waals surface area contributed by atoms with Gasteiger partial charge in [0.25, 0.3) is 0 Å². The van der Waals surface area contributed by atoms with Crippen LogP contribution in [0.1, 0.15) is 11.1 Å². The van der Waals surface area contributed by atoms with Crippen molar-refractivity contribution in [3.63, 3.8) is 0 Å². The van der Waals surface area contributed by atoms with Gasteiger partial charge in [0, 0.05) is 37.4 Å². The number of aliphatic carboxylic acids is 2. The molecule has 2 rings (SSSR count). The van der Waals surface area contributed by atoms with Gasteiger partial charge in [0.05, 0.1) is 25.0 Å². The van der Waals surface area contributed by atoms with Crippen molar-refractivity contribution in [2.75, 3.05) is 13.1 Å². The number of hydrogen-bond donors (Lipinski definition) is 4. The number of carboxylic acids is 2. The summed E-state index contributed by atoms with van der Waals surface area (Å²) in [7, 11) is 0. The smallest absolute Gasteiger partial charge is 0.548 e. The quantitative estimate of drug-likeness (QED) is 0.272. The Morgan fingerprint density at radius 3 is 1.39 bits per heavy atom. The maximum Gasteiger partial charge on any atom is 2.00 e. The van der Waals surface area contributed by atoms with Crippen LogP contribution in [-0.2, 0) is 39.5 Å². The molecule has 0 bridgehead atoms. The van der Waals surface area contributed by atoms with E-state index in [1.54, 1.807) is 0 Å². The minimum Gasteiger partial charge on any atom is -0.548 e. The van der Waals surface area contributed by atoms with Crippen molar-refractivity contribution in [1.82, 2.24) is 0 Å². The Balaban J connectivity index is 0.000000562. The molecule has 0 aliphatic rings. The number of rotatable bonds is 8. The predicted molar refractivity (Wildman–Crippen MR) is 104 cm³/mol. The summed E-state index contributed by atoms with van der Waals surface area (Å²) in [6.45, 7) is -0.780. The number of aliphatic imine (C=N–C) groups is 2. The SMILES string of the molecule is O=C([O-])CN=CCc1ccc(O)cc1O.O=C([O-])CN=CCc1ccc(O)cc1O.[Cu+2]. The maximum absolute atomic E-state index is 10.0. The molecule has 0 aliphatic heterocycles. The molecular weight excluding hydrogens is 460 g/mol. The van der Waals surface area contributed by atoms with Crippen LogP contribution in [0.5, 0.6) is 23.0 Å². The molecule has 2 aromatic rings. The van der Waals surface area contributed by atoms with E-state index in [4.69, 9.17) is 10.2 Å². The fraction of sp³-hybridized carbons (Fsp3) is 0.200. The molecule has 1 radical (unpaired) electrons. The van der Waals surface area contributed by atoms with Crippen LogP contribution >= 0.6 is 0 Å². The van der Waals surface area contributed by atoms with Gasteiger partial charge in [-0.1, -0.05) is 12.1 Å². The molecule has 2 aromatic carbocycles. The molecule has 0 unspecified atom stereocenters. The van der Waals surface area contributed by atoms with Crippen molar-refractivity contribution in [2.45, 2.75) is 12.8 Å². The van der Waals surface area contributed by atoms with Crippen LogP contribution in [0.25, 0.3) is 0 Å². The molecule has 0 fully saturated rings. The minimum atomic E-state index is -1.25.